The summed E-state index contributed by atoms with van der Waals surface area (Å²) in [4.78, 5) is 36.0. The van der Waals surface area contributed by atoms with Gasteiger partial charge in [-0.25, -0.2) is 9.18 Å². The van der Waals surface area contributed by atoms with Crippen LogP contribution in [0.15, 0.2) is 42.5 Å². The minimum atomic E-state index is -0.602. The largest absolute Gasteiger partial charge is 0.444 e. The molecule has 47 heavy (non-hydrogen) atoms. The lowest BCUT2D eigenvalue weighted by Crippen LogP contribution is -2.64. The summed E-state index contributed by atoms with van der Waals surface area (Å²) in [5, 5.41) is 9.43. The van der Waals surface area contributed by atoms with Crippen LogP contribution in [0, 0.1) is 17.1 Å². The highest BCUT2D eigenvalue weighted by atomic mass is 19.1. The molecule has 254 valence electrons. The van der Waals surface area contributed by atoms with Gasteiger partial charge in [-0.2, -0.15) is 5.26 Å². The Morgan fingerprint density at radius 2 is 1.79 bits per heavy atom. The van der Waals surface area contributed by atoms with Gasteiger partial charge >= 0.3 is 6.09 Å². The Balaban J connectivity index is 1.40. The van der Waals surface area contributed by atoms with Crippen LogP contribution in [-0.4, -0.2) is 103 Å². The fraction of sp³-hybridized carbons (Fsp3) is 0.595. The normalized spacial score (nSPS) is 25.4. The van der Waals surface area contributed by atoms with Crippen LogP contribution in [0.5, 0.6) is 0 Å². The molecule has 0 aliphatic carbocycles. The van der Waals surface area contributed by atoms with E-state index in [4.69, 9.17) is 9.47 Å². The molecule has 0 N–H and O–H groups in total. The quantitative estimate of drug-likeness (QED) is 0.382. The number of amides is 2. The molecular weight excluding hydrogens is 597 g/mol. The number of rotatable bonds is 8. The molecule has 2 aromatic carbocycles. The van der Waals surface area contributed by atoms with Gasteiger partial charge in [0.05, 0.1) is 25.8 Å². The van der Waals surface area contributed by atoms with Crippen LogP contribution in [0.2, 0.25) is 0 Å². The second kappa shape index (κ2) is 14.3. The van der Waals surface area contributed by atoms with Gasteiger partial charge in [-0.05, 0) is 82.3 Å². The number of fused-ring (bicyclic) bond motifs is 1. The van der Waals surface area contributed by atoms with E-state index in [2.05, 4.69) is 47.9 Å². The predicted octanol–water partition coefficient (Wildman–Crippen LogP) is 5.36. The zero-order chi connectivity index (χ0) is 33.9. The van der Waals surface area contributed by atoms with E-state index in [9.17, 15) is 19.2 Å². The number of halogens is 1. The van der Waals surface area contributed by atoms with E-state index in [-0.39, 0.29) is 47.9 Å². The number of hydrogen-bond donors (Lipinski definition) is 0. The van der Waals surface area contributed by atoms with E-state index in [0.717, 1.165) is 28.9 Å². The van der Waals surface area contributed by atoms with E-state index < -0.39 is 5.60 Å². The summed E-state index contributed by atoms with van der Waals surface area (Å²) in [6.07, 6.45) is 1.35. The number of piperazine rings is 1. The lowest BCUT2D eigenvalue weighted by atomic mass is 9.80. The van der Waals surface area contributed by atoms with Crippen molar-refractivity contribution in [2.24, 2.45) is 0 Å². The van der Waals surface area contributed by atoms with Gasteiger partial charge in [0.15, 0.2) is 0 Å². The minimum Gasteiger partial charge on any atom is -0.444 e. The van der Waals surface area contributed by atoms with Gasteiger partial charge in [0, 0.05) is 68.4 Å². The third kappa shape index (κ3) is 8.32. The summed E-state index contributed by atoms with van der Waals surface area (Å²) in [6, 6.07) is 15.1. The first-order chi connectivity index (χ1) is 22.3. The average molecular weight is 648 g/mol. The molecule has 5 rings (SSSR count). The highest BCUT2D eigenvalue weighted by molar-refractivity contribution is 5.97. The monoisotopic (exact) mass is 647 g/mol. The molecule has 3 aliphatic rings. The van der Waals surface area contributed by atoms with Crippen molar-refractivity contribution in [1.82, 2.24) is 14.7 Å². The number of anilines is 1. The Bertz CT molecular complexity index is 1470. The topological polar surface area (TPSA) is 89.4 Å². The van der Waals surface area contributed by atoms with Crippen molar-refractivity contribution in [3.8, 4) is 6.07 Å². The number of nitrogens with zero attached hydrogens (tertiary/aromatic N) is 5. The van der Waals surface area contributed by atoms with Gasteiger partial charge in [-0.15, -0.1) is 0 Å². The van der Waals surface area contributed by atoms with Gasteiger partial charge in [0.25, 0.3) is 0 Å². The molecule has 3 heterocycles. The average Bonchev–Trinajstić information content (AvgIpc) is 3.30. The standard InChI is InChI=1S/C37H50FN5O4/c1-26-20-41(31(21-40-16-17-46-24-27(40)2)22-42(26)35(45)47-36(3,4)5)23-34(44)43-25-37(6,14-7-15-39)32-13-10-29(19-33(32)43)18-28-8-11-30(38)12-9-28/h8-13,19,26-27,31H,7,14,16-18,20-25H2,1-6H3/t26?,27-,31+,37?/m1/s1. The molecule has 2 saturated heterocycles. The maximum Gasteiger partial charge on any atom is 0.410 e. The summed E-state index contributed by atoms with van der Waals surface area (Å²) >= 11 is 0. The molecule has 0 saturated carbocycles. The first-order valence-electron chi connectivity index (χ1n) is 16.9. The van der Waals surface area contributed by atoms with Crippen molar-refractivity contribution in [2.45, 2.75) is 89.9 Å². The third-order valence-electron chi connectivity index (χ3n) is 9.79. The third-order valence-corrected chi connectivity index (χ3v) is 9.79. The van der Waals surface area contributed by atoms with Gasteiger partial charge in [-0.1, -0.05) is 31.2 Å². The molecule has 9 nitrogen and oxygen atoms in total. The molecule has 0 spiro atoms. The van der Waals surface area contributed by atoms with Crippen molar-refractivity contribution in [3.63, 3.8) is 0 Å². The Kier molecular flexibility index (Phi) is 10.6. The van der Waals surface area contributed by atoms with Crippen molar-refractivity contribution in [1.29, 1.82) is 5.26 Å². The molecule has 4 atom stereocenters. The molecule has 0 bridgehead atoms. The van der Waals surface area contributed by atoms with Crippen LogP contribution in [0.1, 0.15) is 71.1 Å². The molecule has 10 heteroatoms. The van der Waals surface area contributed by atoms with Crippen LogP contribution < -0.4 is 4.90 Å². The summed E-state index contributed by atoms with van der Waals surface area (Å²) < 4.78 is 25.0. The SMILES string of the molecule is CC1CN(CC(=O)N2CC(C)(CCC#N)c3ccc(Cc4ccc(F)cc4)cc32)[C@@H](CN2CCOC[C@H]2C)CN1C(=O)OC(C)(C)C. The van der Waals surface area contributed by atoms with Crippen LogP contribution in [0.3, 0.4) is 0 Å². The Hall–Kier alpha value is -3.52. The van der Waals surface area contributed by atoms with Crippen molar-refractivity contribution in [2.75, 3.05) is 57.4 Å². The van der Waals surface area contributed by atoms with E-state index in [1.807, 2.05) is 37.5 Å². The number of benzene rings is 2. The molecule has 0 radical (unpaired) electrons. The van der Waals surface area contributed by atoms with Gasteiger partial charge in [0.2, 0.25) is 5.91 Å². The molecule has 0 aromatic heterocycles. The molecule has 2 aromatic rings. The van der Waals surface area contributed by atoms with Crippen molar-refractivity contribution >= 4 is 17.7 Å². The van der Waals surface area contributed by atoms with Gasteiger partial charge < -0.3 is 19.3 Å². The number of morpholine rings is 1. The Morgan fingerprint density at radius 3 is 2.47 bits per heavy atom. The number of carbonyl (C=O) groups is 2. The Morgan fingerprint density at radius 1 is 1.06 bits per heavy atom. The van der Waals surface area contributed by atoms with E-state index >= 15 is 0 Å². The second-order valence-electron chi connectivity index (χ2n) is 14.8. The molecule has 2 fully saturated rings. The number of carbonyl (C=O) groups excluding carboxylic acids is 2. The molecule has 3 aliphatic heterocycles. The van der Waals surface area contributed by atoms with E-state index in [0.29, 0.717) is 58.7 Å². The van der Waals surface area contributed by atoms with Crippen LogP contribution in [0.25, 0.3) is 0 Å². The summed E-state index contributed by atoms with van der Waals surface area (Å²) in [7, 11) is 0. The number of nitriles is 1. The van der Waals surface area contributed by atoms with Crippen molar-refractivity contribution < 1.29 is 23.5 Å². The van der Waals surface area contributed by atoms with Crippen LogP contribution in [-0.2, 0) is 26.1 Å². The predicted molar refractivity (Wildman–Crippen MR) is 180 cm³/mol. The highest BCUT2D eigenvalue weighted by Gasteiger charge is 2.43. The van der Waals surface area contributed by atoms with Crippen molar-refractivity contribution in [3.05, 3.63) is 65.0 Å². The molecule has 2 unspecified atom stereocenters. The van der Waals surface area contributed by atoms with Crippen LogP contribution in [0.4, 0.5) is 14.9 Å². The molecule has 2 amide bonds. The maximum atomic E-state index is 14.4. The summed E-state index contributed by atoms with van der Waals surface area (Å²) in [5.74, 6) is -0.265. The van der Waals surface area contributed by atoms with Crippen LogP contribution >= 0.6 is 0 Å². The lowest BCUT2D eigenvalue weighted by molar-refractivity contribution is -0.121. The van der Waals surface area contributed by atoms with Gasteiger partial charge in [-0.3, -0.25) is 14.6 Å². The summed E-state index contributed by atoms with van der Waals surface area (Å²) in [5.41, 5.74) is 3.04. The first kappa shape index (κ1) is 34.8. The van der Waals surface area contributed by atoms with E-state index in [1.165, 1.54) is 12.1 Å². The van der Waals surface area contributed by atoms with Gasteiger partial charge in [0.1, 0.15) is 11.4 Å². The zero-order valence-corrected chi connectivity index (χ0v) is 28.8. The lowest BCUT2D eigenvalue weighted by Gasteiger charge is -2.47. The fourth-order valence-corrected chi connectivity index (χ4v) is 7.16. The Labute approximate surface area is 279 Å². The number of ether oxygens (including phenoxy) is 2. The first-order valence-corrected chi connectivity index (χ1v) is 16.9. The summed E-state index contributed by atoms with van der Waals surface area (Å²) in [6.45, 7) is 16.5. The minimum absolute atomic E-state index is 0.00353. The fourth-order valence-electron chi connectivity index (χ4n) is 7.16. The maximum absolute atomic E-state index is 14.4. The highest BCUT2D eigenvalue weighted by Crippen LogP contribution is 2.44. The smallest absolute Gasteiger partial charge is 0.410 e. The van der Waals surface area contributed by atoms with E-state index in [1.54, 1.807) is 12.1 Å². The second-order valence-corrected chi connectivity index (χ2v) is 14.8. The molecular formula is C37H50FN5O4. The number of hydrogen-bond acceptors (Lipinski definition) is 7. The zero-order valence-electron chi connectivity index (χ0n) is 28.8.